The van der Waals surface area contributed by atoms with Crippen molar-refractivity contribution in [3.05, 3.63) is 91.0 Å². The van der Waals surface area contributed by atoms with Gasteiger partial charge in [0.25, 0.3) is 0 Å². The summed E-state index contributed by atoms with van der Waals surface area (Å²) in [7, 11) is 0. The van der Waals surface area contributed by atoms with E-state index in [9.17, 15) is 4.79 Å². The summed E-state index contributed by atoms with van der Waals surface area (Å²) >= 11 is 3.95. The zero-order chi connectivity index (χ0) is 19.2. The first-order valence-corrected chi connectivity index (χ1v) is 15.0. The molecule has 0 fully saturated rings. The Kier molecular flexibility index (Phi) is 6.61. The summed E-state index contributed by atoms with van der Waals surface area (Å²) in [5, 5.41) is 3.57. The van der Waals surface area contributed by atoms with Gasteiger partial charge in [-0.25, -0.2) is 0 Å². The summed E-state index contributed by atoms with van der Waals surface area (Å²) < 4.78 is 2.34. The number of carbonyl (C=O) groups is 1. The molecule has 27 heavy (non-hydrogen) atoms. The molecule has 0 aliphatic rings. The number of hydrogen-bond acceptors (Lipinski definition) is 3. The van der Waals surface area contributed by atoms with Gasteiger partial charge >= 0.3 is 179 Å². The van der Waals surface area contributed by atoms with Crippen LogP contribution in [0.15, 0.2) is 91.0 Å². The SMILES string of the molecule is CCOC(=O)SCP(I)(c1ccccc1)(c1ccccc1)c1ccccc1. The zero-order valence-corrected chi connectivity index (χ0v) is 19.0. The van der Waals surface area contributed by atoms with E-state index >= 15 is 0 Å². The van der Waals surface area contributed by atoms with Crippen LogP contribution in [0.2, 0.25) is 0 Å². The third kappa shape index (κ3) is 3.94. The molecule has 0 atom stereocenters. The van der Waals surface area contributed by atoms with Gasteiger partial charge in [0.15, 0.2) is 0 Å². The fourth-order valence-corrected chi connectivity index (χ4v) is 14.0. The summed E-state index contributed by atoms with van der Waals surface area (Å²) in [5.41, 5.74) is 0.656. The van der Waals surface area contributed by atoms with Crippen LogP contribution in [0.1, 0.15) is 6.92 Å². The van der Waals surface area contributed by atoms with Crippen molar-refractivity contribution in [1.82, 2.24) is 0 Å². The molecule has 2 nitrogen and oxygen atoms in total. The second kappa shape index (κ2) is 8.76. The topological polar surface area (TPSA) is 26.3 Å². The molecular weight excluding hydrogens is 486 g/mol. The Morgan fingerprint density at radius 2 is 1.19 bits per heavy atom. The van der Waals surface area contributed by atoms with E-state index in [1.807, 2.05) is 25.1 Å². The Morgan fingerprint density at radius 1 is 0.815 bits per heavy atom. The van der Waals surface area contributed by atoms with Crippen molar-refractivity contribution in [3.8, 4) is 0 Å². The number of benzene rings is 3. The van der Waals surface area contributed by atoms with Crippen LogP contribution in [-0.2, 0) is 4.74 Å². The Labute approximate surface area is 178 Å². The Hall–Kier alpha value is -1.36. The predicted molar refractivity (Wildman–Crippen MR) is 129 cm³/mol. The molecule has 0 saturated heterocycles. The molecule has 3 aromatic rings. The van der Waals surface area contributed by atoms with Crippen LogP contribution in [0.25, 0.3) is 0 Å². The fraction of sp³-hybridized carbons (Fsp3) is 0.136. The van der Waals surface area contributed by atoms with Crippen LogP contribution in [0.4, 0.5) is 4.79 Å². The van der Waals surface area contributed by atoms with Crippen molar-refractivity contribution in [1.29, 1.82) is 0 Å². The number of halogens is 1. The van der Waals surface area contributed by atoms with Crippen molar-refractivity contribution < 1.29 is 9.53 Å². The molecular formula is C22H22IO2PS. The summed E-state index contributed by atoms with van der Waals surface area (Å²) in [6, 6.07) is 31.7. The van der Waals surface area contributed by atoms with Crippen molar-refractivity contribution in [2.24, 2.45) is 0 Å². The van der Waals surface area contributed by atoms with E-state index in [1.54, 1.807) is 0 Å². The molecule has 3 rings (SSSR count). The first-order chi connectivity index (χ1) is 13.1. The van der Waals surface area contributed by atoms with Gasteiger partial charge < -0.3 is 0 Å². The van der Waals surface area contributed by atoms with Crippen LogP contribution in [-0.4, -0.2) is 17.4 Å². The third-order valence-corrected chi connectivity index (χ3v) is 19.0. The molecule has 0 bridgehead atoms. The van der Waals surface area contributed by atoms with Crippen LogP contribution >= 0.6 is 38.0 Å². The maximum atomic E-state index is 12.3. The monoisotopic (exact) mass is 508 g/mol. The average Bonchev–Trinajstić information content (AvgIpc) is 2.74. The summed E-state index contributed by atoms with van der Waals surface area (Å²) in [6.07, 6.45) is 0. The Balaban J connectivity index is 2.27. The van der Waals surface area contributed by atoms with E-state index < -0.39 is 4.25 Å². The summed E-state index contributed by atoms with van der Waals surface area (Å²) in [6.45, 7) is 2.24. The molecule has 0 heterocycles. The van der Waals surface area contributed by atoms with E-state index in [0.717, 1.165) is 0 Å². The second-order valence-corrected chi connectivity index (χ2v) is 18.1. The normalized spacial score (nSPS) is 12.7. The van der Waals surface area contributed by atoms with Crippen LogP contribution in [0.3, 0.4) is 0 Å². The molecule has 0 aliphatic heterocycles. The molecule has 3 aromatic carbocycles. The van der Waals surface area contributed by atoms with Gasteiger partial charge in [-0.1, -0.05) is 0 Å². The van der Waals surface area contributed by atoms with Crippen LogP contribution in [0, 0.1) is 0 Å². The standard InChI is InChI=1S/C22H22IO2PS/c1-2-25-22(24)27-18-26(23,19-12-6-3-7-13-19,20-14-8-4-9-15-20)21-16-10-5-11-17-21/h3-17H,2,18H2,1H3. The van der Waals surface area contributed by atoms with E-state index in [4.69, 9.17) is 4.74 Å². The third-order valence-electron chi connectivity index (χ3n) is 4.57. The zero-order valence-electron chi connectivity index (χ0n) is 15.1. The van der Waals surface area contributed by atoms with E-state index in [0.29, 0.717) is 12.1 Å². The number of rotatable bonds is 6. The van der Waals surface area contributed by atoms with Gasteiger partial charge in [-0.3, -0.25) is 0 Å². The molecule has 0 radical (unpaired) electrons. The van der Waals surface area contributed by atoms with E-state index in [1.165, 1.54) is 27.7 Å². The van der Waals surface area contributed by atoms with Gasteiger partial charge in [-0.05, 0) is 0 Å². The van der Waals surface area contributed by atoms with Gasteiger partial charge in [-0.2, -0.15) is 0 Å². The van der Waals surface area contributed by atoms with Crippen LogP contribution in [0.5, 0.6) is 0 Å². The van der Waals surface area contributed by atoms with Crippen LogP contribution < -0.4 is 15.9 Å². The molecule has 5 heteroatoms. The van der Waals surface area contributed by atoms with E-state index in [2.05, 4.69) is 94.8 Å². The molecule has 0 spiro atoms. The maximum absolute atomic E-state index is 12.3. The summed E-state index contributed by atoms with van der Waals surface area (Å²) in [4.78, 5) is 12.3. The van der Waals surface area contributed by atoms with Crippen molar-refractivity contribution in [2.75, 3.05) is 12.1 Å². The number of carbonyl (C=O) groups excluding carboxylic acids is 1. The Morgan fingerprint density at radius 3 is 1.52 bits per heavy atom. The molecule has 0 aliphatic carbocycles. The van der Waals surface area contributed by atoms with Gasteiger partial charge in [0, 0.05) is 0 Å². The van der Waals surface area contributed by atoms with Crippen molar-refractivity contribution in [2.45, 2.75) is 6.92 Å². The fourth-order valence-electron chi connectivity index (χ4n) is 3.22. The van der Waals surface area contributed by atoms with Gasteiger partial charge in [0.1, 0.15) is 0 Å². The predicted octanol–water partition coefficient (Wildman–Crippen LogP) is 5.71. The van der Waals surface area contributed by atoms with Gasteiger partial charge in [0.05, 0.1) is 0 Å². The first-order valence-electron chi connectivity index (χ1n) is 8.78. The molecule has 0 N–H and O–H groups in total. The quantitative estimate of drug-likeness (QED) is 0.242. The molecule has 0 saturated carbocycles. The molecule has 0 aromatic heterocycles. The number of ether oxygens (including phenoxy) is 1. The number of hydrogen-bond donors (Lipinski definition) is 0. The Bertz CT molecular complexity index is 789. The minimum atomic E-state index is -2.90. The number of thioether (sulfide) groups is 1. The van der Waals surface area contributed by atoms with Crippen molar-refractivity contribution >= 4 is 59.3 Å². The first kappa shape index (κ1) is 20.4. The molecule has 0 unspecified atom stereocenters. The minimum absolute atomic E-state index is 0.217. The summed E-state index contributed by atoms with van der Waals surface area (Å²) in [5.74, 6) is 0. The van der Waals surface area contributed by atoms with Crippen molar-refractivity contribution in [3.63, 3.8) is 0 Å². The van der Waals surface area contributed by atoms with Gasteiger partial charge in [0.2, 0.25) is 0 Å². The molecule has 140 valence electrons. The van der Waals surface area contributed by atoms with Gasteiger partial charge in [-0.15, -0.1) is 0 Å². The molecule has 0 amide bonds. The van der Waals surface area contributed by atoms with E-state index in [-0.39, 0.29) is 5.30 Å². The second-order valence-electron chi connectivity index (χ2n) is 6.15. The average molecular weight is 508 g/mol.